The van der Waals surface area contributed by atoms with E-state index in [1.54, 1.807) is 0 Å². The maximum absolute atomic E-state index is 12.4. The molecule has 0 aliphatic heterocycles. The van der Waals surface area contributed by atoms with Crippen molar-refractivity contribution in [2.75, 3.05) is 0 Å². The summed E-state index contributed by atoms with van der Waals surface area (Å²) in [5.74, 6) is 0.530. The Morgan fingerprint density at radius 2 is 2.00 bits per heavy atom. The zero-order valence-corrected chi connectivity index (χ0v) is 12.7. The minimum absolute atomic E-state index is 0.0421. The highest BCUT2D eigenvalue weighted by atomic mass is 16.1. The molecule has 0 saturated heterocycles. The summed E-state index contributed by atoms with van der Waals surface area (Å²) >= 11 is 0. The van der Waals surface area contributed by atoms with Crippen molar-refractivity contribution in [1.82, 2.24) is 14.8 Å². The van der Waals surface area contributed by atoms with Gasteiger partial charge in [0.15, 0.2) is 0 Å². The van der Waals surface area contributed by atoms with Crippen LogP contribution in [0.3, 0.4) is 0 Å². The molecule has 0 amide bonds. The van der Waals surface area contributed by atoms with E-state index in [4.69, 9.17) is 10.4 Å². The fourth-order valence-corrected chi connectivity index (χ4v) is 3.80. The third-order valence-corrected chi connectivity index (χ3v) is 5.18. The Kier molecular flexibility index (Phi) is 3.25. The van der Waals surface area contributed by atoms with Crippen molar-refractivity contribution in [3.8, 4) is 6.07 Å². The van der Waals surface area contributed by atoms with Gasteiger partial charge in [-0.1, -0.05) is 6.42 Å². The Bertz CT molecular complexity index is 820. The van der Waals surface area contributed by atoms with Gasteiger partial charge < -0.3 is 4.98 Å². The molecule has 114 valence electrons. The first-order valence-electron chi connectivity index (χ1n) is 8.31. The van der Waals surface area contributed by atoms with Crippen LogP contribution in [0.25, 0.3) is 11.0 Å². The van der Waals surface area contributed by atoms with Crippen LogP contribution in [0.5, 0.6) is 0 Å². The highest BCUT2D eigenvalue weighted by molar-refractivity contribution is 5.84. The number of hydrogen-bond acceptors (Lipinski definition) is 3. The summed E-state index contributed by atoms with van der Waals surface area (Å²) in [6.45, 7) is 0.550. The van der Waals surface area contributed by atoms with E-state index in [2.05, 4.69) is 11.1 Å². The number of rotatable bonds is 3. The topological polar surface area (TPSA) is 74.5 Å². The van der Waals surface area contributed by atoms with E-state index in [-0.39, 0.29) is 5.56 Å². The minimum Gasteiger partial charge on any atom is -0.307 e. The highest BCUT2D eigenvalue weighted by Gasteiger charge is 2.29. The average molecular weight is 296 g/mol. The van der Waals surface area contributed by atoms with Crippen LogP contribution >= 0.6 is 0 Å². The summed E-state index contributed by atoms with van der Waals surface area (Å²) in [6, 6.07) is 2.17. The second-order valence-corrected chi connectivity index (χ2v) is 6.49. The van der Waals surface area contributed by atoms with Crippen molar-refractivity contribution in [3.05, 3.63) is 27.2 Å². The van der Waals surface area contributed by atoms with Gasteiger partial charge in [-0.2, -0.15) is 10.4 Å². The van der Waals surface area contributed by atoms with Crippen molar-refractivity contribution in [1.29, 1.82) is 5.26 Å². The third-order valence-electron chi connectivity index (χ3n) is 5.18. The zero-order chi connectivity index (χ0) is 15.1. The molecule has 0 bridgehead atoms. The van der Waals surface area contributed by atoms with E-state index < -0.39 is 0 Å². The number of pyridine rings is 1. The molecule has 0 radical (unpaired) electrons. The van der Waals surface area contributed by atoms with Gasteiger partial charge in [-0.05, 0) is 44.1 Å². The van der Waals surface area contributed by atoms with Gasteiger partial charge in [-0.25, -0.2) is 4.68 Å². The summed E-state index contributed by atoms with van der Waals surface area (Å²) in [6.07, 6.45) is 8.19. The van der Waals surface area contributed by atoms with E-state index in [1.807, 2.05) is 4.68 Å². The van der Waals surface area contributed by atoms with Crippen molar-refractivity contribution < 1.29 is 0 Å². The van der Waals surface area contributed by atoms with Crippen LogP contribution in [-0.4, -0.2) is 14.8 Å². The van der Waals surface area contributed by atoms with E-state index in [0.29, 0.717) is 18.9 Å². The molecule has 5 nitrogen and oxygen atoms in total. The van der Waals surface area contributed by atoms with Crippen molar-refractivity contribution in [3.63, 3.8) is 0 Å². The monoisotopic (exact) mass is 296 g/mol. The average Bonchev–Trinajstić information content (AvgIpc) is 2.82. The van der Waals surface area contributed by atoms with E-state index in [9.17, 15) is 4.79 Å². The molecule has 0 spiro atoms. The lowest BCUT2D eigenvalue weighted by Crippen LogP contribution is -2.20. The Morgan fingerprint density at radius 3 is 2.68 bits per heavy atom. The predicted molar refractivity (Wildman–Crippen MR) is 83.8 cm³/mol. The standard InChI is InChI=1S/C17H20N4O/c18-9-4-10-21-16-14(15(20-21)11-5-3-6-11)12-7-1-2-8-13(12)17(22)19-16/h11H,1-8,10H2,(H,19,22). The number of aromatic nitrogens is 3. The second-order valence-electron chi connectivity index (χ2n) is 6.49. The van der Waals surface area contributed by atoms with Crippen molar-refractivity contribution in [2.45, 2.75) is 63.8 Å². The van der Waals surface area contributed by atoms with E-state index in [1.165, 1.54) is 30.2 Å². The first kappa shape index (κ1) is 13.6. The minimum atomic E-state index is 0.0421. The van der Waals surface area contributed by atoms with Crippen molar-refractivity contribution >= 4 is 11.0 Å². The van der Waals surface area contributed by atoms with Gasteiger partial charge in [-0.3, -0.25) is 4.79 Å². The molecule has 4 rings (SSSR count). The van der Waals surface area contributed by atoms with Gasteiger partial charge in [0.25, 0.3) is 5.56 Å². The SMILES string of the molecule is N#CCCn1nc(C2CCC2)c2c3c(c(=O)[nH]c21)CCCC3. The number of nitriles is 1. The molecule has 1 fully saturated rings. The first-order chi connectivity index (χ1) is 10.8. The molecule has 1 N–H and O–H groups in total. The van der Waals surface area contributed by atoms with Gasteiger partial charge in [-0.15, -0.1) is 0 Å². The first-order valence-corrected chi connectivity index (χ1v) is 8.31. The summed E-state index contributed by atoms with van der Waals surface area (Å²) in [5, 5.41) is 14.8. The Labute approximate surface area is 128 Å². The molecule has 2 heterocycles. The molecule has 2 aliphatic carbocycles. The maximum atomic E-state index is 12.4. The molecule has 2 aliphatic rings. The summed E-state index contributed by atoms with van der Waals surface area (Å²) in [4.78, 5) is 15.5. The molecule has 22 heavy (non-hydrogen) atoms. The van der Waals surface area contributed by atoms with Gasteiger partial charge in [0.2, 0.25) is 0 Å². The number of nitrogens with one attached hydrogen (secondary N) is 1. The summed E-state index contributed by atoms with van der Waals surface area (Å²) in [5.41, 5.74) is 4.24. The fourth-order valence-electron chi connectivity index (χ4n) is 3.80. The molecule has 2 aromatic heterocycles. The van der Waals surface area contributed by atoms with Crippen LogP contribution in [-0.2, 0) is 19.4 Å². The largest absolute Gasteiger partial charge is 0.307 e. The zero-order valence-electron chi connectivity index (χ0n) is 12.7. The van der Waals surface area contributed by atoms with E-state index >= 15 is 0 Å². The number of H-pyrrole nitrogens is 1. The summed E-state index contributed by atoms with van der Waals surface area (Å²) in [7, 11) is 0. The lowest BCUT2D eigenvalue weighted by Gasteiger charge is -2.25. The maximum Gasteiger partial charge on any atom is 0.253 e. The third kappa shape index (κ3) is 1.98. The predicted octanol–water partition coefficient (Wildman–Crippen LogP) is 2.78. The van der Waals surface area contributed by atoms with Crippen LogP contribution in [0.4, 0.5) is 0 Å². The molecule has 0 atom stereocenters. The van der Waals surface area contributed by atoms with Gasteiger partial charge in [0, 0.05) is 16.9 Å². The van der Waals surface area contributed by atoms with Crippen molar-refractivity contribution in [2.24, 2.45) is 0 Å². The van der Waals surface area contributed by atoms with Crippen LogP contribution < -0.4 is 5.56 Å². The van der Waals surface area contributed by atoms with Crippen LogP contribution in [0.1, 0.15) is 61.3 Å². The molecular formula is C17H20N4O. The van der Waals surface area contributed by atoms with Crippen LogP contribution in [0, 0.1) is 11.3 Å². The number of aryl methyl sites for hydroxylation is 2. The molecule has 1 saturated carbocycles. The highest BCUT2D eigenvalue weighted by Crippen LogP contribution is 2.40. The lowest BCUT2D eigenvalue weighted by molar-refractivity contribution is 0.407. The molecule has 2 aromatic rings. The Hall–Kier alpha value is -2.09. The molecule has 5 heteroatoms. The van der Waals surface area contributed by atoms with Gasteiger partial charge in [0.1, 0.15) is 5.65 Å². The van der Waals surface area contributed by atoms with Gasteiger partial charge in [0.05, 0.1) is 24.7 Å². The van der Waals surface area contributed by atoms with Gasteiger partial charge >= 0.3 is 0 Å². The Morgan fingerprint density at radius 1 is 1.23 bits per heavy atom. The van der Waals surface area contributed by atoms with Crippen LogP contribution in [0.2, 0.25) is 0 Å². The number of fused-ring (bicyclic) bond motifs is 3. The molecular weight excluding hydrogens is 276 g/mol. The number of hydrogen-bond donors (Lipinski definition) is 1. The molecule has 0 unspecified atom stereocenters. The normalized spacial score (nSPS) is 18.0. The molecule has 0 aromatic carbocycles. The number of aromatic amines is 1. The smallest absolute Gasteiger partial charge is 0.253 e. The quantitative estimate of drug-likeness (QED) is 0.946. The second kappa shape index (κ2) is 5.28. The van der Waals surface area contributed by atoms with E-state index in [0.717, 1.165) is 42.6 Å². The summed E-state index contributed by atoms with van der Waals surface area (Å²) < 4.78 is 1.85. The van der Waals surface area contributed by atoms with Crippen LogP contribution in [0.15, 0.2) is 4.79 Å². The Balaban J connectivity index is 1.97. The lowest BCUT2D eigenvalue weighted by atomic mass is 9.80. The number of nitrogens with zero attached hydrogens (tertiary/aromatic N) is 3. The fraction of sp³-hybridized carbons (Fsp3) is 0.588.